The highest BCUT2D eigenvalue weighted by molar-refractivity contribution is 7.98. The highest BCUT2D eigenvalue weighted by atomic mass is 32.2. The molecular weight excluding hydrogens is 140 g/mol. The van der Waals surface area contributed by atoms with Crippen molar-refractivity contribution in [2.24, 2.45) is 0 Å². The minimum Gasteiger partial charge on any atom is -0.359 e. The number of hydrogen-bond donors (Lipinski definition) is 0. The zero-order valence-electron chi connectivity index (χ0n) is 4.53. The van der Waals surface area contributed by atoms with Crippen molar-refractivity contribution in [1.82, 2.24) is 5.16 Å². The van der Waals surface area contributed by atoms with Gasteiger partial charge in [0.2, 0.25) is 11.4 Å². The summed E-state index contributed by atoms with van der Waals surface area (Å²) in [6.45, 7) is 0. The smallest absolute Gasteiger partial charge is 0.231 e. The number of nitrogens with zero attached hydrogens (tertiary/aromatic N) is 2. The Balaban J connectivity index is 2.56. The summed E-state index contributed by atoms with van der Waals surface area (Å²) in [6, 6.07) is 0. The van der Waals surface area contributed by atoms with Gasteiger partial charge in [0.25, 0.3) is 0 Å². The van der Waals surface area contributed by atoms with Crippen molar-refractivity contribution < 1.29 is 9.53 Å². The molecule has 0 amide bonds. The minimum atomic E-state index is 0.481. The maximum Gasteiger partial charge on any atom is 0.231 e. The van der Waals surface area contributed by atoms with Crippen molar-refractivity contribution in [2.45, 2.75) is 11.5 Å². The lowest BCUT2D eigenvalue weighted by Gasteiger charge is -1.85. The molecule has 48 valence electrons. The Morgan fingerprint density at radius 3 is 3.33 bits per heavy atom. The second-order valence-electron chi connectivity index (χ2n) is 1.82. The molecule has 9 heavy (non-hydrogen) atoms. The molecule has 5 heteroatoms. The molecule has 0 aliphatic carbocycles. The fourth-order valence-electron chi connectivity index (χ4n) is 0.784. The molecule has 0 N–H and O–H groups in total. The summed E-state index contributed by atoms with van der Waals surface area (Å²) < 4.78 is 4.34. The third-order valence-electron chi connectivity index (χ3n) is 1.26. The van der Waals surface area contributed by atoms with Crippen LogP contribution in [0.1, 0.15) is 11.4 Å². The van der Waals surface area contributed by atoms with E-state index in [9.17, 15) is 5.21 Å². The first-order valence-electron chi connectivity index (χ1n) is 2.53. The molecular formula is C4H4N2O2S. The van der Waals surface area contributed by atoms with E-state index in [1.165, 1.54) is 0 Å². The average Bonchev–Trinajstić information content (AvgIpc) is 2.35. The maximum atomic E-state index is 10.6. The van der Waals surface area contributed by atoms with Gasteiger partial charge in [-0.25, -0.2) is 0 Å². The normalized spacial score (nSPS) is 16.0. The largest absolute Gasteiger partial charge is 0.359 e. The van der Waals surface area contributed by atoms with Crippen LogP contribution in [0.15, 0.2) is 4.63 Å². The molecule has 2 rings (SSSR count). The van der Waals surface area contributed by atoms with Crippen LogP contribution in [0.25, 0.3) is 0 Å². The summed E-state index contributed by atoms with van der Waals surface area (Å²) >= 11 is 1.68. The fourth-order valence-corrected chi connectivity index (χ4v) is 1.76. The third kappa shape index (κ3) is 0.610. The van der Waals surface area contributed by atoms with Crippen LogP contribution in [0.3, 0.4) is 0 Å². The minimum absolute atomic E-state index is 0.481. The monoisotopic (exact) mass is 144 g/mol. The van der Waals surface area contributed by atoms with Crippen molar-refractivity contribution in [1.29, 1.82) is 0 Å². The summed E-state index contributed by atoms with van der Waals surface area (Å²) in [7, 11) is 0. The Morgan fingerprint density at radius 1 is 1.67 bits per heavy atom. The van der Waals surface area contributed by atoms with Gasteiger partial charge >= 0.3 is 0 Å². The van der Waals surface area contributed by atoms with Crippen LogP contribution in [0, 0.1) is 5.21 Å². The number of aromatic nitrogens is 2. The fraction of sp³-hybridized carbons (Fsp3) is 0.500. The van der Waals surface area contributed by atoms with Crippen molar-refractivity contribution in [3.63, 3.8) is 0 Å². The van der Waals surface area contributed by atoms with E-state index in [1.807, 2.05) is 0 Å². The van der Waals surface area contributed by atoms with Crippen molar-refractivity contribution in [2.75, 3.05) is 0 Å². The highest BCUT2D eigenvalue weighted by Gasteiger charge is 2.24. The van der Waals surface area contributed by atoms with Gasteiger partial charge in [0.15, 0.2) is 0 Å². The van der Waals surface area contributed by atoms with Crippen LogP contribution in [-0.4, -0.2) is 5.16 Å². The molecule has 1 aromatic rings. The zero-order chi connectivity index (χ0) is 6.27. The van der Waals surface area contributed by atoms with Gasteiger partial charge in [-0.05, 0) is 4.90 Å². The van der Waals surface area contributed by atoms with Gasteiger partial charge in [0.05, 0.1) is 11.5 Å². The summed E-state index contributed by atoms with van der Waals surface area (Å²) in [5, 5.41) is 14.1. The predicted molar refractivity (Wildman–Crippen MR) is 30.5 cm³/mol. The number of fused-ring (bicyclic) bond motifs is 1. The van der Waals surface area contributed by atoms with Gasteiger partial charge in [-0.15, -0.1) is 11.8 Å². The van der Waals surface area contributed by atoms with Crippen LogP contribution in [-0.2, 0) is 11.5 Å². The van der Waals surface area contributed by atoms with Crippen LogP contribution in [0.4, 0.5) is 0 Å². The molecule has 0 atom stereocenters. The van der Waals surface area contributed by atoms with E-state index in [4.69, 9.17) is 0 Å². The molecule has 0 spiro atoms. The Labute approximate surface area is 55.4 Å². The molecule has 4 nitrogen and oxygen atoms in total. The second-order valence-corrected chi connectivity index (χ2v) is 2.80. The van der Waals surface area contributed by atoms with Crippen LogP contribution >= 0.6 is 11.8 Å². The first-order valence-corrected chi connectivity index (χ1v) is 3.68. The Kier molecular flexibility index (Phi) is 0.926. The van der Waals surface area contributed by atoms with Gasteiger partial charge in [-0.1, -0.05) is 0 Å². The van der Waals surface area contributed by atoms with Crippen molar-refractivity contribution in [3.8, 4) is 0 Å². The SMILES string of the molecule is [O-][n+]1onc2c1CSC2. The van der Waals surface area contributed by atoms with Crippen molar-refractivity contribution in [3.05, 3.63) is 16.6 Å². The van der Waals surface area contributed by atoms with Crippen LogP contribution in [0.2, 0.25) is 0 Å². The standard InChI is InChI=1S/C4H4N2O2S/c7-6-4-2-9-1-3(4)5-8-6/h1-2H2. The lowest BCUT2D eigenvalue weighted by Crippen LogP contribution is -2.26. The third-order valence-corrected chi connectivity index (χ3v) is 2.21. The molecule has 0 unspecified atom stereocenters. The zero-order valence-corrected chi connectivity index (χ0v) is 5.35. The Hall–Kier alpha value is -0.710. The maximum absolute atomic E-state index is 10.6. The number of thioether (sulfide) groups is 1. The van der Waals surface area contributed by atoms with E-state index < -0.39 is 0 Å². The molecule has 0 saturated carbocycles. The van der Waals surface area contributed by atoms with E-state index in [2.05, 4.69) is 9.79 Å². The van der Waals surface area contributed by atoms with Gasteiger partial charge in [-0.3, -0.25) is 4.63 Å². The summed E-state index contributed by atoms with van der Waals surface area (Å²) in [5.41, 5.74) is 1.48. The molecule has 2 heterocycles. The predicted octanol–water partition coefficient (Wildman–Crippen LogP) is 0.0548. The van der Waals surface area contributed by atoms with E-state index in [-0.39, 0.29) is 0 Å². The topological polar surface area (TPSA) is 53.0 Å². The molecule has 0 fully saturated rings. The molecule has 0 radical (unpaired) electrons. The molecule has 1 aliphatic rings. The van der Waals surface area contributed by atoms with Crippen LogP contribution in [0.5, 0.6) is 0 Å². The van der Waals surface area contributed by atoms with E-state index in [0.717, 1.165) is 17.2 Å². The van der Waals surface area contributed by atoms with Gasteiger partial charge < -0.3 is 5.21 Å². The van der Waals surface area contributed by atoms with Gasteiger partial charge in [0.1, 0.15) is 0 Å². The summed E-state index contributed by atoms with van der Waals surface area (Å²) in [4.78, 5) is 0.481. The highest BCUT2D eigenvalue weighted by Crippen LogP contribution is 2.24. The van der Waals surface area contributed by atoms with Gasteiger partial charge in [-0.2, -0.15) is 0 Å². The van der Waals surface area contributed by atoms with E-state index >= 15 is 0 Å². The Morgan fingerprint density at radius 2 is 2.56 bits per heavy atom. The molecule has 1 aliphatic heterocycles. The van der Waals surface area contributed by atoms with E-state index in [1.54, 1.807) is 11.8 Å². The summed E-state index contributed by atoms with van der Waals surface area (Å²) in [6.07, 6.45) is 0. The summed E-state index contributed by atoms with van der Waals surface area (Å²) in [5.74, 6) is 1.55. The van der Waals surface area contributed by atoms with E-state index in [0.29, 0.717) is 10.6 Å². The first kappa shape index (κ1) is 5.10. The first-order chi connectivity index (χ1) is 4.38. The number of rotatable bonds is 0. The second kappa shape index (κ2) is 1.63. The lowest BCUT2D eigenvalue weighted by molar-refractivity contribution is -0.807. The average molecular weight is 144 g/mol. The molecule has 0 bridgehead atoms. The molecule has 0 saturated heterocycles. The van der Waals surface area contributed by atoms with Crippen molar-refractivity contribution >= 4 is 11.8 Å². The Bertz CT molecular complexity index is 234. The van der Waals surface area contributed by atoms with Gasteiger partial charge in [0, 0.05) is 5.16 Å². The lowest BCUT2D eigenvalue weighted by atomic mass is 10.4. The number of hydrogen-bond acceptors (Lipinski definition) is 4. The molecule has 1 aromatic heterocycles. The van der Waals surface area contributed by atoms with Crippen LogP contribution < -0.4 is 4.90 Å². The molecule has 0 aromatic carbocycles. The quantitative estimate of drug-likeness (QED) is 0.483.